The lowest BCUT2D eigenvalue weighted by Gasteiger charge is -2.32. The van der Waals surface area contributed by atoms with Crippen LogP contribution in [0.5, 0.6) is 0 Å². The van der Waals surface area contributed by atoms with E-state index in [9.17, 15) is 14.4 Å². The van der Waals surface area contributed by atoms with Crippen molar-refractivity contribution in [1.82, 2.24) is 9.47 Å². The number of ketones is 1. The number of ether oxygens (including phenoxy) is 1. The normalized spacial score (nSPS) is 18.9. The van der Waals surface area contributed by atoms with E-state index < -0.39 is 17.9 Å². The first-order valence-electron chi connectivity index (χ1n) is 6.20. The number of rotatable bonds is 3. The van der Waals surface area contributed by atoms with Gasteiger partial charge in [-0.3, -0.25) is 9.59 Å². The van der Waals surface area contributed by atoms with Crippen molar-refractivity contribution in [2.24, 2.45) is 7.05 Å². The smallest absolute Gasteiger partial charge is 0.328 e. The highest BCUT2D eigenvalue weighted by Crippen LogP contribution is 2.15. The van der Waals surface area contributed by atoms with E-state index in [2.05, 4.69) is 0 Å². The molecule has 0 saturated carbocycles. The molecule has 1 aliphatic heterocycles. The zero-order valence-electron chi connectivity index (χ0n) is 11.3. The van der Waals surface area contributed by atoms with Gasteiger partial charge < -0.3 is 19.3 Å². The summed E-state index contributed by atoms with van der Waals surface area (Å²) in [6.45, 7) is 1.92. The Hall–Kier alpha value is -2.15. The summed E-state index contributed by atoms with van der Waals surface area (Å²) >= 11 is 0. The fraction of sp³-hybridized carbons (Fsp3) is 0.462. The summed E-state index contributed by atoms with van der Waals surface area (Å²) < 4.78 is 6.63. The summed E-state index contributed by atoms with van der Waals surface area (Å²) in [4.78, 5) is 36.2. The van der Waals surface area contributed by atoms with E-state index >= 15 is 0 Å². The van der Waals surface area contributed by atoms with E-state index in [4.69, 9.17) is 9.84 Å². The number of hydrogen-bond acceptors (Lipinski definition) is 4. The Kier molecular flexibility index (Phi) is 3.89. The third-order valence-corrected chi connectivity index (χ3v) is 3.30. The van der Waals surface area contributed by atoms with Crippen LogP contribution in [0.4, 0.5) is 0 Å². The Morgan fingerprint density at radius 2 is 2.10 bits per heavy atom. The lowest BCUT2D eigenvalue weighted by molar-refractivity contribution is -0.147. The van der Waals surface area contributed by atoms with Crippen LogP contribution in [0.25, 0.3) is 0 Å². The Bertz CT molecular complexity index is 563. The minimum absolute atomic E-state index is 0.0228. The van der Waals surface area contributed by atoms with Crippen molar-refractivity contribution < 1.29 is 24.2 Å². The van der Waals surface area contributed by atoms with Gasteiger partial charge in [-0.2, -0.15) is 0 Å². The van der Waals surface area contributed by atoms with Gasteiger partial charge in [0.15, 0.2) is 11.8 Å². The number of morpholine rings is 1. The van der Waals surface area contributed by atoms with Gasteiger partial charge in [0.2, 0.25) is 0 Å². The van der Waals surface area contributed by atoms with Gasteiger partial charge in [0, 0.05) is 25.4 Å². The maximum absolute atomic E-state index is 12.4. The molecule has 1 aromatic rings. The molecular formula is C13H16N2O5. The predicted octanol–water partition coefficient (Wildman–Crippen LogP) is 0.153. The molecule has 0 aromatic carbocycles. The standard InChI is InChI=1S/C13H16N2O5/c1-8(16)9-5-10(14(2)6-9)12(17)15-3-4-20-7-11(15)13(18)19/h5-6,11H,3-4,7H2,1-2H3,(H,18,19). The number of hydrogen-bond donors (Lipinski definition) is 1. The number of aryl methyl sites for hydroxylation is 1. The number of carboxylic acid groups (broad SMARTS) is 1. The van der Waals surface area contributed by atoms with Crippen LogP contribution in [0, 0.1) is 0 Å². The number of carbonyl (C=O) groups excluding carboxylic acids is 2. The van der Waals surface area contributed by atoms with Gasteiger partial charge >= 0.3 is 5.97 Å². The van der Waals surface area contributed by atoms with Crippen LogP contribution in [0.1, 0.15) is 27.8 Å². The largest absolute Gasteiger partial charge is 0.480 e. The van der Waals surface area contributed by atoms with Gasteiger partial charge in [-0.25, -0.2) is 4.79 Å². The van der Waals surface area contributed by atoms with Crippen molar-refractivity contribution in [1.29, 1.82) is 0 Å². The number of Topliss-reactive ketones (excluding diaryl/α,β-unsaturated/α-hetero) is 1. The summed E-state index contributed by atoms with van der Waals surface area (Å²) in [5.41, 5.74) is 0.722. The molecule has 2 rings (SSSR count). The van der Waals surface area contributed by atoms with Crippen molar-refractivity contribution in [2.45, 2.75) is 13.0 Å². The number of aromatic nitrogens is 1. The number of amides is 1. The summed E-state index contributed by atoms with van der Waals surface area (Å²) in [7, 11) is 1.65. The second-order valence-electron chi connectivity index (χ2n) is 4.71. The molecule has 0 bridgehead atoms. The SMILES string of the molecule is CC(=O)c1cc(C(=O)N2CCOCC2C(=O)O)n(C)c1. The maximum Gasteiger partial charge on any atom is 0.328 e. The molecule has 20 heavy (non-hydrogen) atoms. The fourth-order valence-electron chi connectivity index (χ4n) is 2.17. The van der Waals surface area contributed by atoms with E-state index in [1.807, 2.05) is 0 Å². The molecule has 1 atom stereocenters. The zero-order valence-corrected chi connectivity index (χ0v) is 11.3. The first-order chi connectivity index (χ1) is 9.41. The third-order valence-electron chi connectivity index (χ3n) is 3.30. The lowest BCUT2D eigenvalue weighted by atomic mass is 10.2. The van der Waals surface area contributed by atoms with E-state index in [0.29, 0.717) is 17.9 Å². The molecule has 7 heteroatoms. The second kappa shape index (κ2) is 5.46. The van der Waals surface area contributed by atoms with E-state index in [1.54, 1.807) is 13.2 Å². The second-order valence-corrected chi connectivity index (χ2v) is 4.71. The molecule has 0 spiro atoms. The molecule has 0 radical (unpaired) electrons. The van der Waals surface area contributed by atoms with E-state index in [-0.39, 0.29) is 18.9 Å². The number of aliphatic carboxylic acids is 1. The Morgan fingerprint density at radius 3 is 2.65 bits per heavy atom. The number of carbonyl (C=O) groups is 3. The monoisotopic (exact) mass is 280 g/mol. The van der Waals surface area contributed by atoms with Gasteiger partial charge in [-0.1, -0.05) is 0 Å². The average molecular weight is 280 g/mol. The molecule has 7 nitrogen and oxygen atoms in total. The van der Waals surface area contributed by atoms with E-state index in [0.717, 1.165) is 0 Å². The highest BCUT2D eigenvalue weighted by Gasteiger charge is 2.34. The molecular weight excluding hydrogens is 264 g/mol. The van der Waals surface area contributed by atoms with Crippen molar-refractivity contribution in [3.8, 4) is 0 Å². The highest BCUT2D eigenvalue weighted by molar-refractivity contribution is 6.00. The minimum Gasteiger partial charge on any atom is -0.480 e. The molecule has 1 N–H and O–H groups in total. The van der Waals surface area contributed by atoms with Gasteiger partial charge in [-0.15, -0.1) is 0 Å². The van der Waals surface area contributed by atoms with Crippen LogP contribution in [-0.4, -0.2) is 58.0 Å². The minimum atomic E-state index is -1.10. The Morgan fingerprint density at radius 1 is 1.40 bits per heavy atom. The van der Waals surface area contributed by atoms with Gasteiger partial charge in [-0.05, 0) is 13.0 Å². The first kappa shape index (κ1) is 14.3. The molecule has 1 amide bonds. The topological polar surface area (TPSA) is 88.8 Å². The lowest BCUT2D eigenvalue weighted by Crippen LogP contribution is -2.52. The van der Waals surface area contributed by atoms with Crippen LogP contribution in [-0.2, 0) is 16.6 Å². The summed E-state index contributed by atoms with van der Waals surface area (Å²) in [5, 5.41) is 9.13. The molecule has 1 aromatic heterocycles. The Labute approximate surface area is 115 Å². The van der Waals surface area contributed by atoms with Crippen LogP contribution in [0.3, 0.4) is 0 Å². The number of carboxylic acids is 1. The summed E-state index contributed by atoms with van der Waals surface area (Å²) in [5.74, 6) is -1.65. The quantitative estimate of drug-likeness (QED) is 0.796. The predicted molar refractivity (Wildman–Crippen MR) is 68.7 cm³/mol. The van der Waals surface area contributed by atoms with Crippen LogP contribution < -0.4 is 0 Å². The zero-order chi connectivity index (χ0) is 14.9. The molecule has 2 heterocycles. The highest BCUT2D eigenvalue weighted by atomic mass is 16.5. The van der Waals surface area contributed by atoms with Crippen molar-refractivity contribution in [2.75, 3.05) is 19.8 Å². The Balaban J connectivity index is 2.29. The van der Waals surface area contributed by atoms with Gasteiger partial charge in [0.25, 0.3) is 5.91 Å². The van der Waals surface area contributed by atoms with Crippen LogP contribution >= 0.6 is 0 Å². The fourth-order valence-corrected chi connectivity index (χ4v) is 2.17. The summed E-state index contributed by atoms with van der Waals surface area (Å²) in [6.07, 6.45) is 1.56. The maximum atomic E-state index is 12.4. The molecule has 108 valence electrons. The molecule has 1 aliphatic rings. The van der Waals surface area contributed by atoms with Crippen molar-refractivity contribution >= 4 is 17.7 Å². The summed E-state index contributed by atoms with van der Waals surface area (Å²) in [6, 6.07) is 0.492. The van der Waals surface area contributed by atoms with Crippen molar-refractivity contribution in [3.63, 3.8) is 0 Å². The molecule has 1 saturated heterocycles. The molecule has 1 unspecified atom stereocenters. The van der Waals surface area contributed by atoms with Crippen LogP contribution in [0.15, 0.2) is 12.3 Å². The van der Waals surface area contributed by atoms with E-state index in [1.165, 1.54) is 22.5 Å². The van der Waals surface area contributed by atoms with Gasteiger partial charge in [0.1, 0.15) is 5.69 Å². The first-order valence-corrected chi connectivity index (χ1v) is 6.20. The average Bonchev–Trinajstić information content (AvgIpc) is 2.80. The van der Waals surface area contributed by atoms with Gasteiger partial charge in [0.05, 0.1) is 13.2 Å². The molecule has 0 aliphatic carbocycles. The molecule has 1 fully saturated rings. The number of nitrogens with zero attached hydrogens (tertiary/aromatic N) is 2. The van der Waals surface area contributed by atoms with Crippen molar-refractivity contribution in [3.05, 3.63) is 23.5 Å². The van der Waals surface area contributed by atoms with Crippen LogP contribution in [0.2, 0.25) is 0 Å². The third kappa shape index (κ3) is 2.57.